The molecule has 1 amide bonds. The molecule has 0 radical (unpaired) electrons. The molecule has 27 heavy (non-hydrogen) atoms. The molecular formula is C22H22N2O2S. The summed E-state index contributed by atoms with van der Waals surface area (Å²) in [7, 11) is 0. The number of carbonyl (C=O) groups is 1. The first-order valence-corrected chi connectivity index (χ1v) is 10.1. The van der Waals surface area contributed by atoms with Gasteiger partial charge in [0, 0.05) is 28.7 Å². The number of aromatic nitrogens is 1. The standard InChI is InChI=1S/C22H22N2O2S/c1-15-14-27-20(24-15)12-6-7-13-23-22(25)21-16-8-2-4-10-18(16)26-19-11-5-3-9-17(19)21/h2-5,8-11,14,21H,6-7,12-13H2,1H3,(H,23,25). The zero-order valence-electron chi connectivity index (χ0n) is 15.3. The molecule has 0 unspecified atom stereocenters. The lowest BCUT2D eigenvalue weighted by atomic mass is 9.87. The highest BCUT2D eigenvalue weighted by Gasteiger charge is 2.31. The molecule has 1 aromatic heterocycles. The van der Waals surface area contributed by atoms with E-state index in [9.17, 15) is 4.79 Å². The van der Waals surface area contributed by atoms with E-state index in [1.54, 1.807) is 11.3 Å². The van der Waals surface area contributed by atoms with Crippen LogP contribution in [0.1, 0.15) is 40.6 Å². The number of thiazole rings is 1. The molecule has 0 bridgehead atoms. The van der Waals surface area contributed by atoms with Gasteiger partial charge in [-0.05, 0) is 38.3 Å². The number of amides is 1. The van der Waals surface area contributed by atoms with Crippen molar-refractivity contribution in [3.8, 4) is 11.5 Å². The van der Waals surface area contributed by atoms with Crippen LogP contribution < -0.4 is 10.1 Å². The van der Waals surface area contributed by atoms with E-state index in [1.807, 2.05) is 55.5 Å². The van der Waals surface area contributed by atoms with E-state index in [4.69, 9.17) is 4.74 Å². The van der Waals surface area contributed by atoms with Gasteiger partial charge in [-0.1, -0.05) is 36.4 Å². The van der Waals surface area contributed by atoms with E-state index in [1.165, 1.54) is 5.01 Å². The molecule has 3 aromatic rings. The van der Waals surface area contributed by atoms with Crippen molar-refractivity contribution in [1.82, 2.24) is 10.3 Å². The molecule has 0 saturated heterocycles. The van der Waals surface area contributed by atoms with Gasteiger partial charge in [-0.2, -0.15) is 0 Å². The summed E-state index contributed by atoms with van der Waals surface area (Å²) in [6.45, 7) is 2.69. The summed E-state index contributed by atoms with van der Waals surface area (Å²) in [6.07, 6.45) is 2.93. The van der Waals surface area contributed by atoms with Gasteiger partial charge in [0.25, 0.3) is 0 Å². The molecule has 0 aliphatic carbocycles. The molecule has 1 N–H and O–H groups in total. The summed E-state index contributed by atoms with van der Waals surface area (Å²) < 4.78 is 5.97. The van der Waals surface area contributed by atoms with Crippen LogP contribution in [0.25, 0.3) is 0 Å². The highest BCUT2D eigenvalue weighted by Crippen LogP contribution is 2.43. The lowest BCUT2D eigenvalue weighted by Gasteiger charge is -2.27. The molecule has 0 atom stereocenters. The number of hydrogen-bond donors (Lipinski definition) is 1. The van der Waals surface area contributed by atoms with Gasteiger partial charge >= 0.3 is 0 Å². The predicted molar refractivity (Wildman–Crippen MR) is 108 cm³/mol. The van der Waals surface area contributed by atoms with Crippen LogP contribution in [0.3, 0.4) is 0 Å². The quantitative estimate of drug-likeness (QED) is 0.625. The number of benzene rings is 2. The van der Waals surface area contributed by atoms with Gasteiger partial charge in [0.15, 0.2) is 0 Å². The maximum absolute atomic E-state index is 13.0. The minimum absolute atomic E-state index is 0.0308. The number of rotatable bonds is 6. The summed E-state index contributed by atoms with van der Waals surface area (Å²) in [5.74, 6) is 1.22. The van der Waals surface area contributed by atoms with Crippen LogP contribution in [0.2, 0.25) is 0 Å². The smallest absolute Gasteiger partial charge is 0.232 e. The van der Waals surface area contributed by atoms with Crippen molar-refractivity contribution >= 4 is 17.2 Å². The second-order valence-corrected chi connectivity index (χ2v) is 7.68. The fourth-order valence-electron chi connectivity index (χ4n) is 3.42. The molecule has 0 fully saturated rings. The Morgan fingerprint density at radius 1 is 1.07 bits per heavy atom. The van der Waals surface area contributed by atoms with E-state index in [2.05, 4.69) is 15.7 Å². The Morgan fingerprint density at radius 3 is 2.37 bits per heavy atom. The largest absolute Gasteiger partial charge is 0.457 e. The molecule has 2 aromatic carbocycles. The number of fused-ring (bicyclic) bond motifs is 2. The molecule has 4 nitrogen and oxygen atoms in total. The number of aryl methyl sites for hydroxylation is 2. The number of ether oxygens (including phenoxy) is 1. The monoisotopic (exact) mass is 378 g/mol. The number of unbranched alkanes of at least 4 members (excludes halogenated alkanes) is 1. The van der Waals surface area contributed by atoms with E-state index in [0.29, 0.717) is 6.54 Å². The van der Waals surface area contributed by atoms with Crippen LogP contribution in [-0.4, -0.2) is 17.4 Å². The number of nitrogens with one attached hydrogen (secondary N) is 1. The SMILES string of the molecule is Cc1csc(CCCCNC(=O)C2c3ccccc3Oc3ccccc32)n1. The third-order valence-electron chi connectivity index (χ3n) is 4.73. The summed E-state index contributed by atoms with van der Waals surface area (Å²) in [5.41, 5.74) is 2.93. The summed E-state index contributed by atoms with van der Waals surface area (Å²) >= 11 is 1.71. The summed E-state index contributed by atoms with van der Waals surface area (Å²) in [4.78, 5) is 17.5. The molecule has 4 rings (SSSR count). The summed E-state index contributed by atoms with van der Waals surface area (Å²) in [5, 5.41) is 6.37. The van der Waals surface area contributed by atoms with Crippen LogP contribution >= 0.6 is 11.3 Å². The Bertz CT molecular complexity index is 905. The van der Waals surface area contributed by atoms with Gasteiger partial charge < -0.3 is 10.1 Å². The Kier molecular flexibility index (Phi) is 5.21. The molecule has 0 spiro atoms. The van der Waals surface area contributed by atoms with Crippen molar-refractivity contribution < 1.29 is 9.53 Å². The first-order valence-electron chi connectivity index (χ1n) is 9.27. The molecule has 1 aliphatic rings. The first-order chi connectivity index (χ1) is 13.2. The van der Waals surface area contributed by atoms with E-state index < -0.39 is 0 Å². The first kappa shape index (κ1) is 17.7. The van der Waals surface area contributed by atoms with Crippen LogP contribution in [0.15, 0.2) is 53.9 Å². The lowest BCUT2D eigenvalue weighted by molar-refractivity contribution is -0.121. The van der Waals surface area contributed by atoms with Crippen molar-refractivity contribution in [2.75, 3.05) is 6.54 Å². The van der Waals surface area contributed by atoms with Crippen molar-refractivity contribution in [3.63, 3.8) is 0 Å². The molecule has 2 heterocycles. The van der Waals surface area contributed by atoms with Crippen molar-refractivity contribution in [2.45, 2.75) is 32.1 Å². The minimum Gasteiger partial charge on any atom is -0.457 e. The molecular weight excluding hydrogens is 356 g/mol. The molecule has 5 heteroatoms. The maximum Gasteiger partial charge on any atom is 0.232 e. The summed E-state index contributed by atoms with van der Waals surface area (Å²) in [6, 6.07) is 15.5. The van der Waals surface area contributed by atoms with Gasteiger partial charge in [-0.25, -0.2) is 4.98 Å². The average Bonchev–Trinajstić information content (AvgIpc) is 3.10. The Morgan fingerprint density at radius 2 is 1.74 bits per heavy atom. The minimum atomic E-state index is -0.326. The topological polar surface area (TPSA) is 51.2 Å². The second kappa shape index (κ2) is 7.92. The van der Waals surface area contributed by atoms with E-state index in [0.717, 1.165) is 47.6 Å². The van der Waals surface area contributed by atoms with Gasteiger partial charge in [0.1, 0.15) is 11.5 Å². The van der Waals surface area contributed by atoms with Crippen LogP contribution in [0.5, 0.6) is 11.5 Å². The van der Waals surface area contributed by atoms with E-state index >= 15 is 0 Å². The molecule has 0 saturated carbocycles. The lowest BCUT2D eigenvalue weighted by Crippen LogP contribution is -2.32. The Hall–Kier alpha value is -2.66. The molecule has 1 aliphatic heterocycles. The normalized spacial score (nSPS) is 12.8. The van der Waals surface area contributed by atoms with Gasteiger partial charge in [0.05, 0.1) is 10.9 Å². The van der Waals surface area contributed by atoms with Gasteiger partial charge in [-0.3, -0.25) is 4.79 Å². The van der Waals surface area contributed by atoms with Crippen LogP contribution in [-0.2, 0) is 11.2 Å². The fourth-order valence-corrected chi connectivity index (χ4v) is 4.24. The zero-order valence-corrected chi connectivity index (χ0v) is 16.1. The Balaban J connectivity index is 1.40. The fraction of sp³-hybridized carbons (Fsp3) is 0.273. The number of carbonyl (C=O) groups excluding carboxylic acids is 1. The van der Waals surface area contributed by atoms with Crippen LogP contribution in [0, 0.1) is 6.92 Å². The van der Waals surface area contributed by atoms with Crippen molar-refractivity contribution in [1.29, 1.82) is 0 Å². The average molecular weight is 378 g/mol. The van der Waals surface area contributed by atoms with E-state index in [-0.39, 0.29) is 11.8 Å². The Labute approximate surface area is 163 Å². The maximum atomic E-state index is 13.0. The zero-order chi connectivity index (χ0) is 18.6. The highest BCUT2D eigenvalue weighted by molar-refractivity contribution is 7.09. The van der Waals surface area contributed by atoms with Crippen LogP contribution in [0.4, 0.5) is 0 Å². The second-order valence-electron chi connectivity index (χ2n) is 6.74. The predicted octanol–water partition coefficient (Wildman–Crippen LogP) is 4.83. The number of hydrogen-bond acceptors (Lipinski definition) is 4. The van der Waals surface area contributed by atoms with Gasteiger partial charge in [-0.15, -0.1) is 11.3 Å². The number of para-hydroxylation sites is 2. The highest BCUT2D eigenvalue weighted by atomic mass is 32.1. The third kappa shape index (κ3) is 3.88. The van der Waals surface area contributed by atoms with Crippen molar-refractivity contribution in [3.05, 3.63) is 75.7 Å². The molecule has 138 valence electrons. The third-order valence-corrected chi connectivity index (χ3v) is 5.75. The van der Waals surface area contributed by atoms with Gasteiger partial charge in [0.2, 0.25) is 5.91 Å². The van der Waals surface area contributed by atoms with Crippen molar-refractivity contribution in [2.24, 2.45) is 0 Å². The number of nitrogens with zero attached hydrogens (tertiary/aromatic N) is 1.